The van der Waals surface area contributed by atoms with E-state index in [1.165, 1.54) is 0 Å². The van der Waals surface area contributed by atoms with E-state index in [1.807, 2.05) is 36.9 Å². The molecular weight excluding hydrogens is 378 g/mol. The second-order valence-corrected chi connectivity index (χ2v) is 7.71. The molecule has 0 radical (unpaired) electrons. The lowest BCUT2D eigenvalue weighted by Crippen LogP contribution is -2.40. The van der Waals surface area contributed by atoms with Crippen molar-refractivity contribution in [2.75, 3.05) is 26.8 Å². The third-order valence-corrected chi connectivity index (χ3v) is 5.57. The van der Waals surface area contributed by atoms with Crippen LogP contribution in [-0.4, -0.2) is 43.4 Å². The number of rotatable bonds is 7. The summed E-state index contributed by atoms with van der Waals surface area (Å²) >= 11 is 0. The lowest BCUT2D eigenvalue weighted by molar-refractivity contribution is 0.0650. The van der Waals surface area contributed by atoms with E-state index in [-0.39, 0.29) is 17.6 Å². The molecule has 0 aliphatic carbocycles. The first-order valence-corrected chi connectivity index (χ1v) is 10.3. The molecule has 0 saturated carbocycles. The van der Waals surface area contributed by atoms with Gasteiger partial charge in [0, 0.05) is 30.1 Å². The summed E-state index contributed by atoms with van der Waals surface area (Å²) in [6, 6.07) is 11.1. The smallest absolute Gasteiger partial charge is 0.253 e. The number of Topliss-reactive ketones (excluding diaryl/α,β-unsaturated/α-hetero) is 1. The van der Waals surface area contributed by atoms with Gasteiger partial charge in [-0.3, -0.25) is 9.59 Å². The second kappa shape index (κ2) is 9.61. The molecule has 0 atom stereocenters. The molecule has 2 aromatic carbocycles. The van der Waals surface area contributed by atoms with Crippen molar-refractivity contribution in [3.63, 3.8) is 0 Å². The van der Waals surface area contributed by atoms with E-state index in [4.69, 9.17) is 9.47 Å². The van der Waals surface area contributed by atoms with Crippen LogP contribution >= 0.6 is 0 Å². The quantitative estimate of drug-likeness (QED) is 0.497. The third kappa shape index (κ3) is 4.73. The van der Waals surface area contributed by atoms with Crippen molar-refractivity contribution in [3.8, 4) is 11.5 Å². The SMILES string of the molecule is C=CCOc1ccc(C(=O)N2CCC(C(=O)c3ccc(C)cc3C)CC2)cc1OC. The number of methoxy groups -OCH3 is 1. The minimum absolute atomic E-state index is 0.0420. The molecule has 0 unspecified atom stereocenters. The van der Waals surface area contributed by atoms with Crippen LogP contribution in [0.5, 0.6) is 11.5 Å². The molecule has 0 bridgehead atoms. The van der Waals surface area contributed by atoms with Gasteiger partial charge in [0.2, 0.25) is 0 Å². The van der Waals surface area contributed by atoms with Crippen molar-refractivity contribution in [3.05, 3.63) is 71.3 Å². The number of amides is 1. The Hall–Kier alpha value is -3.08. The van der Waals surface area contributed by atoms with E-state index in [2.05, 4.69) is 6.58 Å². The van der Waals surface area contributed by atoms with Crippen molar-refractivity contribution in [1.82, 2.24) is 4.90 Å². The molecular formula is C25H29NO4. The Morgan fingerprint density at radius 3 is 2.47 bits per heavy atom. The summed E-state index contributed by atoms with van der Waals surface area (Å²) in [5, 5.41) is 0. The Balaban J connectivity index is 1.65. The minimum atomic E-state index is -0.0546. The minimum Gasteiger partial charge on any atom is -0.493 e. The van der Waals surface area contributed by atoms with E-state index in [1.54, 1.807) is 31.4 Å². The number of ether oxygens (including phenoxy) is 2. The third-order valence-electron chi connectivity index (χ3n) is 5.57. The van der Waals surface area contributed by atoms with Crippen molar-refractivity contribution in [1.29, 1.82) is 0 Å². The van der Waals surface area contributed by atoms with Gasteiger partial charge < -0.3 is 14.4 Å². The number of nitrogens with zero attached hydrogens (tertiary/aromatic N) is 1. The largest absolute Gasteiger partial charge is 0.493 e. The van der Waals surface area contributed by atoms with Gasteiger partial charge in [0.1, 0.15) is 6.61 Å². The molecule has 0 N–H and O–H groups in total. The molecule has 158 valence electrons. The van der Waals surface area contributed by atoms with Crippen molar-refractivity contribution >= 4 is 11.7 Å². The molecule has 5 heteroatoms. The average Bonchev–Trinajstić information content (AvgIpc) is 2.76. The fourth-order valence-corrected chi connectivity index (χ4v) is 3.91. The summed E-state index contributed by atoms with van der Waals surface area (Å²) in [5.74, 6) is 1.18. The summed E-state index contributed by atoms with van der Waals surface area (Å²) in [7, 11) is 1.55. The maximum absolute atomic E-state index is 13.0. The number of benzene rings is 2. The highest BCUT2D eigenvalue weighted by Gasteiger charge is 2.29. The van der Waals surface area contributed by atoms with Gasteiger partial charge in [0.05, 0.1) is 7.11 Å². The normalized spacial score (nSPS) is 14.3. The maximum atomic E-state index is 13.0. The highest BCUT2D eigenvalue weighted by molar-refractivity contribution is 5.99. The van der Waals surface area contributed by atoms with Gasteiger partial charge in [-0.1, -0.05) is 36.4 Å². The number of hydrogen-bond acceptors (Lipinski definition) is 4. The zero-order valence-electron chi connectivity index (χ0n) is 17.9. The zero-order valence-corrected chi connectivity index (χ0v) is 17.9. The van der Waals surface area contributed by atoms with Crippen LogP contribution in [0.4, 0.5) is 0 Å². The molecule has 3 rings (SSSR count). The van der Waals surface area contributed by atoms with E-state index in [0.717, 1.165) is 16.7 Å². The summed E-state index contributed by atoms with van der Waals surface area (Å²) in [6.45, 7) is 9.14. The molecule has 1 amide bonds. The number of ketones is 1. The maximum Gasteiger partial charge on any atom is 0.253 e. The fourth-order valence-electron chi connectivity index (χ4n) is 3.91. The molecule has 1 fully saturated rings. The van der Waals surface area contributed by atoms with E-state index >= 15 is 0 Å². The number of carbonyl (C=O) groups excluding carboxylic acids is 2. The molecule has 1 saturated heterocycles. The standard InChI is InChI=1S/C25H29NO4/c1-5-14-30-22-9-7-20(16-23(22)29-4)25(28)26-12-10-19(11-13-26)24(27)21-8-6-17(2)15-18(21)3/h5-9,15-16,19H,1,10-14H2,2-4H3. The van der Waals surface area contributed by atoms with Crippen molar-refractivity contribution < 1.29 is 19.1 Å². The van der Waals surface area contributed by atoms with E-state index in [0.29, 0.717) is 49.6 Å². The van der Waals surface area contributed by atoms with Gasteiger partial charge >= 0.3 is 0 Å². The Morgan fingerprint density at radius 1 is 1.10 bits per heavy atom. The van der Waals surface area contributed by atoms with Crippen molar-refractivity contribution in [2.45, 2.75) is 26.7 Å². The van der Waals surface area contributed by atoms with Gasteiger partial charge in [0.15, 0.2) is 17.3 Å². The molecule has 0 spiro atoms. The van der Waals surface area contributed by atoms with Gasteiger partial charge in [-0.25, -0.2) is 0 Å². The molecule has 1 heterocycles. The highest BCUT2D eigenvalue weighted by Crippen LogP contribution is 2.30. The predicted octanol–water partition coefficient (Wildman–Crippen LogP) is 4.61. The summed E-state index contributed by atoms with van der Waals surface area (Å²) in [5.41, 5.74) is 3.52. The van der Waals surface area contributed by atoms with Crippen LogP contribution in [0.1, 0.15) is 44.7 Å². The molecule has 30 heavy (non-hydrogen) atoms. The summed E-state index contributed by atoms with van der Waals surface area (Å²) in [6.07, 6.45) is 3.01. The average molecular weight is 408 g/mol. The number of piperidine rings is 1. The van der Waals surface area contributed by atoms with E-state index in [9.17, 15) is 9.59 Å². The Labute approximate surface area is 178 Å². The number of hydrogen-bond donors (Lipinski definition) is 0. The van der Waals surface area contributed by atoms with Crippen LogP contribution in [0.15, 0.2) is 49.1 Å². The fraction of sp³-hybridized carbons (Fsp3) is 0.360. The lowest BCUT2D eigenvalue weighted by Gasteiger charge is -2.31. The van der Waals surface area contributed by atoms with Gasteiger partial charge in [-0.05, 0) is 50.5 Å². The van der Waals surface area contributed by atoms with Gasteiger partial charge in [-0.15, -0.1) is 0 Å². The molecule has 2 aromatic rings. The Bertz CT molecular complexity index is 942. The highest BCUT2D eigenvalue weighted by atomic mass is 16.5. The van der Waals surface area contributed by atoms with Crippen LogP contribution < -0.4 is 9.47 Å². The van der Waals surface area contributed by atoms with E-state index < -0.39 is 0 Å². The number of aryl methyl sites for hydroxylation is 2. The van der Waals surface area contributed by atoms with Gasteiger partial charge in [0.25, 0.3) is 5.91 Å². The number of likely N-dealkylation sites (tertiary alicyclic amines) is 1. The molecule has 1 aliphatic heterocycles. The van der Waals surface area contributed by atoms with Gasteiger partial charge in [-0.2, -0.15) is 0 Å². The van der Waals surface area contributed by atoms with Crippen LogP contribution in [-0.2, 0) is 0 Å². The first-order chi connectivity index (χ1) is 14.4. The molecule has 5 nitrogen and oxygen atoms in total. The van der Waals surface area contributed by atoms with Crippen LogP contribution in [0.25, 0.3) is 0 Å². The first-order valence-electron chi connectivity index (χ1n) is 10.3. The predicted molar refractivity (Wildman–Crippen MR) is 118 cm³/mol. The molecule has 1 aliphatic rings. The summed E-state index contributed by atoms with van der Waals surface area (Å²) < 4.78 is 10.9. The number of carbonyl (C=O) groups is 2. The first kappa shape index (κ1) is 21.6. The second-order valence-electron chi connectivity index (χ2n) is 7.71. The monoisotopic (exact) mass is 407 g/mol. The Kier molecular flexibility index (Phi) is 6.93. The zero-order chi connectivity index (χ0) is 21.7. The van der Waals surface area contributed by atoms with Crippen LogP contribution in [0.3, 0.4) is 0 Å². The van der Waals surface area contributed by atoms with Crippen LogP contribution in [0, 0.1) is 19.8 Å². The lowest BCUT2D eigenvalue weighted by atomic mass is 9.87. The topological polar surface area (TPSA) is 55.8 Å². The van der Waals surface area contributed by atoms with Crippen LogP contribution in [0.2, 0.25) is 0 Å². The molecule has 0 aromatic heterocycles. The Morgan fingerprint density at radius 2 is 1.83 bits per heavy atom. The summed E-state index contributed by atoms with van der Waals surface area (Å²) in [4.78, 5) is 27.7. The van der Waals surface area contributed by atoms with Crippen molar-refractivity contribution in [2.24, 2.45) is 5.92 Å².